The fourth-order valence-corrected chi connectivity index (χ4v) is 4.04. The molecule has 0 radical (unpaired) electrons. The number of benzene rings is 2. The average molecular weight is 508 g/mol. The molecule has 0 atom stereocenters. The van der Waals surface area contributed by atoms with Crippen LogP contribution in [0.4, 0.5) is 0 Å². The fraction of sp³-hybridized carbons (Fsp3) is 0.304. The highest BCUT2D eigenvalue weighted by atomic mass is 79.9. The molecule has 0 saturated heterocycles. The van der Waals surface area contributed by atoms with E-state index in [4.69, 9.17) is 30.6 Å². The smallest absolute Gasteiger partial charge is 0.306 e. The van der Waals surface area contributed by atoms with E-state index in [1.807, 2.05) is 18.2 Å². The standard InChI is InChI=1S/C23H20BrClO6/c24-14-5-6-17(21-12-19(26)16-3-1-4-18(25)22(16)31-21)20(11-14)30-8-2-7-29-15-9-13(10-15)23(27)28/h1,3-6,11-13,15H,2,7-10H2,(H,27,28). The monoisotopic (exact) mass is 506 g/mol. The quantitative estimate of drug-likeness (QED) is 0.404. The number of rotatable bonds is 8. The zero-order chi connectivity index (χ0) is 22.0. The summed E-state index contributed by atoms with van der Waals surface area (Å²) in [6, 6.07) is 12.0. The fourth-order valence-electron chi connectivity index (χ4n) is 3.49. The Labute approximate surface area is 191 Å². The van der Waals surface area contributed by atoms with Crippen molar-refractivity contribution in [3.8, 4) is 17.1 Å². The van der Waals surface area contributed by atoms with Crippen LogP contribution in [0, 0.1) is 5.92 Å². The number of halogens is 2. The molecule has 0 amide bonds. The number of aliphatic carboxylic acids is 1. The third-order valence-electron chi connectivity index (χ3n) is 5.26. The molecule has 1 aromatic heterocycles. The topological polar surface area (TPSA) is 86.0 Å². The van der Waals surface area contributed by atoms with Crippen molar-refractivity contribution in [3.63, 3.8) is 0 Å². The molecule has 31 heavy (non-hydrogen) atoms. The second-order valence-corrected chi connectivity index (χ2v) is 8.76. The Morgan fingerprint density at radius 1 is 1.19 bits per heavy atom. The van der Waals surface area contributed by atoms with Crippen LogP contribution in [0.3, 0.4) is 0 Å². The van der Waals surface area contributed by atoms with Crippen molar-refractivity contribution in [1.82, 2.24) is 0 Å². The van der Waals surface area contributed by atoms with Crippen LogP contribution in [0.5, 0.6) is 5.75 Å². The summed E-state index contributed by atoms with van der Waals surface area (Å²) >= 11 is 9.67. The Balaban J connectivity index is 1.44. The number of fused-ring (bicyclic) bond motifs is 1. The Hall–Kier alpha value is -2.35. The number of hydrogen-bond acceptors (Lipinski definition) is 5. The summed E-state index contributed by atoms with van der Waals surface area (Å²) in [4.78, 5) is 23.4. The van der Waals surface area contributed by atoms with Crippen molar-refractivity contribution < 1.29 is 23.8 Å². The second kappa shape index (κ2) is 9.42. The maximum Gasteiger partial charge on any atom is 0.306 e. The largest absolute Gasteiger partial charge is 0.493 e. The minimum absolute atomic E-state index is 0.0131. The maximum atomic E-state index is 12.5. The lowest BCUT2D eigenvalue weighted by Crippen LogP contribution is -2.36. The molecule has 4 rings (SSSR count). The zero-order valence-electron chi connectivity index (χ0n) is 16.5. The zero-order valence-corrected chi connectivity index (χ0v) is 18.8. The van der Waals surface area contributed by atoms with E-state index in [0.717, 1.165) is 4.47 Å². The molecule has 0 unspecified atom stereocenters. The van der Waals surface area contributed by atoms with Crippen LogP contribution < -0.4 is 10.2 Å². The van der Waals surface area contributed by atoms with Gasteiger partial charge in [0.2, 0.25) is 0 Å². The van der Waals surface area contributed by atoms with Crippen molar-refractivity contribution >= 4 is 44.5 Å². The molecule has 0 spiro atoms. The van der Waals surface area contributed by atoms with Gasteiger partial charge in [0.25, 0.3) is 0 Å². The first-order chi connectivity index (χ1) is 14.9. The summed E-state index contributed by atoms with van der Waals surface area (Å²) in [7, 11) is 0. The van der Waals surface area contributed by atoms with Gasteiger partial charge >= 0.3 is 5.97 Å². The molecule has 1 heterocycles. The average Bonchev–Trinajstić information content (AvgIpc) is 2.69. The van der Waals surface area contributed by atoms with Crippen molar-refractivity contribution in [1.29, 1.82) is 0 Å². The first kappa shape index (κ1) is 21.9. The predicted octanol–water partition coefficient (Wildman–Crippen LogP) is 5.52. The molecule has 6 nitrogen and oxygen atoms in total. The second-order valence-electron chi connectivity index (χ2n) is 7.43. The SMILES string of the molecule is O=C(O)C1CC(OCCCOc2cc(Br)ccc2-c2cc(=O)c3cccc(Cl)c3o2)C1. The van der Waals surface area contributed by atoms with E-state index in [0.29, 0.717) is 65.5 Å². The van der Waals surface area contributed by atoms with E-state index >= 15 is 0 Å². The van der Waals surface area contributed by atoms with Gasteiger partial charge in [-0.3, -0.25) is 9.59 Å². The van der Waals surface area contributed by atoms with Gasteiger partial charge in [0, 0.05) is 17.0 Å². The molecule has 1 fully saturated rings. The van der Waals surface area contributed by atoms with Crippen molar-refractivity contribution in [2.45, 2.75) is 25.4 Å². The summed E-state index contributed by atoms with van der Waals surface area (Å²) in [5.74, 6) is -0.0976. The summed E-state index contributed by atoms with van der Waals surface area (Å²) in [6.07, 6.45) is 1.79. The van der Waals surface area contributed by atoms with E-state index in [2.05, 4.69) is 15.9 Å². The van der Waals surface area contributed by atoms with Gasteiger partial charge in [0.1, 0.15) is 11.5 Å². The Morgan fingerprint density at radius 2 is 2.00 bits per heavy atom. The van der Waals surface area contributed by atoms with E-state index in [1.54, 1.807) is 18.2 Å². The van der Waals surface area contributed by atoms with Crippen molar-refractivity contribution in [2.24, 2.45) is 5.92 Å². The van der Waals surface area contributed by atoms with E-state index < -0.39 is 5.97 Å². The molecular weight excluding hydrogens is 488 g/mol. The molecule has 2 aromatic carbocycles. The van der Waals surface area contributed by atoms with Crippen LogP contribution in [-0.4, -0.2) is 30.4 Å². The molecule has 1 aliphatic rings. The summed E-state index contributed by atoms with van der Waals surface area (Å²) in [5.41, 5.74) is 0.807. The lowest BCUT2D eigenvalue weighted by molar-refractivity contribution is -0.151. The van der Waals surface area contributed by atoms with Gasteiger partial charge in [-0.15, -0.1) is 0 Å². The number of carboxylic acid groups (broad SMARTS) is 1. The van der Waals surface area contributed by atoms with Gasteiger partial charge in [-0.25, -0.2) is 0 Å². The van der Waals surface area contributed by atoms with Crippen molar-refractivity contribution in [3.05, 3.63) is 62.2 Å². The summed E-state index contributed by atoms with van der Waals surface area (Å²) in [5, 5.41) is 9.70. The van der Waals surface area contributed by atoms with Crippen LogP contribution in [0.15, 0.2) is 56.1 Å². The predicted molar refractivity (Wildman–Crippen MR) is 121 cm³/mol. The van der Waals surface area contributed by atoms with Crippen molar-refractivity contribution in [2.75, 3.05) is 13.2 Å². The Morgan fingerprint density at radius 3 is 2.77 bits per heavy atom. The lowest BCUT2D eigenvalue weighted by atomic mass is 9.82. The minimum Gasteiger partial charge on any atom is -0.493 e. The highest BCUT2D eigenvalue weighted by Gasteiger charge is 2.34. The molecule has 8 heteroatoms. The van der Waals surface area contributed by atoms with Gasteiger partial charge in [0.05, 0.1) is 41.2 Å². The van der Waals surface area contributed by atoms with Gasteiger partial charge in [-0.1, -0.05) is 33.6 Å². The third-order valence-corrected chi connectivity index (χ3v) is 6.05. The van der Waals surface area contributed by atoms with Gasteiger partial charge in [0.15, 0.2) is 11.0 Å². The number of para-hydroxylation sites is 1. The minimum atomic E-state index is -0.757. The molecule has 0 bridgehead atoms. The van der Waals surface area contributed by atoms with Gasteiger partial charge in [-0.2, -0.15) is 0 Å². The first-order valence-corrected chi connectivity index (χ1v) is 11.1. The first-order valence-electron chi connectivity index (χ1n) is 9.92. The highest BCUT2D eigenvalue weighted by molar-refractivity contribution is 9.10. The highest BCUT2D eigenvalue weighted by Crippen LogP contribution is 2.35. The molecule has 0 aliphatic heterocycles. The van der Waals surface area contributed by atoms with E-state index in [-0.39, 0.29) is 17.5 Å². The van der Waals surface area contributed by atoms with Gasteiger partial charge < -0.3 is 19.0 Å². The number of carboxylic acids is 1. The molecule has 3 aromatic rings. The Bertz CT molecular complexity index is 1170. The molecule has 1 N–H and O–H groups in total. The van der Waals surface area contributed by atoms with E-state index in [1.165, 1.54) is 6.07 Å². The summed E-state index contributed by atoms with van der Waals surface area (Å²) in [6.45, 7) is 0.887. The Kier molecular flexibility index (Phi) is 6.65. The number of ether oxygens (including phenoxy) is 2. The van der Waals surface area contributed by atoms with Gasteiger partial charge in [-0.05, 0) is 43.2 Å². The van der Waals surface area contributed by atoms with Crippen LogP contribution in [0.2, 0.25) is 5.02 Å². The molecule has 162 valence electrons. The third kappa shape index (κ3) is 4.95. The number of hydrogen-bond donors (Lipinski definition) is 1. The van der Waals surface area contributed by atoms with E-state index in [9.17, 15) is 9.59 Å². The molecule has 1 aliphatic carbocycles. The summed E-state index contributed by atoms with van der Waals surface area (Å²) < 4.78 is 18.4. The lowest BCUT2D eigenvalue weighted by Gasteiger charge is -2.32. The van der Waals surface area contributed by atoms with Crippen LogP contribution in [-0.2, 0) is 9.53 Å². The van der Waals surface area contributed by atoms with Crippen LogP contribution in [0.25, 0.3) is 22.3 Å². The number of carbonyl (C=O) groups is 1. The van der Waals surface area contributed by atoms with Crippen LogP contribution >= 0.6 is 27.5 Å². The maximum absolute atomic E-state index is 12.5. The normalized spacial score (nSPS) is 18.0. The molecule has 1 saturated carbocycles. The van der Waals surface area contributed by atoms with Crippen LogP contribution in [0.1, 0.15) is 19.3 Å². The molecular formula is C23H20BrClO6.